The SMILES string of the molecule is COc1cc(Br)c([C@@H]2NCCc3cc(OC)c(OC)cc32)cc1OC. The van der Waals surface area contributed by atoms with Crippen molar-refractivity contribution in [1.82, 2.24) is 5.32 Å². The summed E-state index contributed by atoms with van der Waals surface area (Å²) < 4.78 is 22.8. The van der Waals surface area contributed by atoms with Crippen molar-refractivity contribution in [2.45, 2.75) is 12.5 Å². The summed E-state index contributed by atoms with van der Waals surface area (Å²) in [5.74, 6) is 2.89. The molecule has 0 bridgehead atoms. The second-order valence-electron chi connectivity index (χ2n) is 5.77. The van der Waals surface area contributed by atoms with Gasteiger partial charge in [0.1, 0.15) is 0 Å². The number of benzene rings is 2. The molecule has 1 heterocycles. The van der Waals surface area contributed by atoms with Crippen LogP contribution in [0.4, 0.5) is 0 Å². The molecule has 0 fully saturated rings. The summed E-state index contributed by atoms with van der Waals surface area (Å²) in [5.41, 5.74) is 3.52. The first-order valence-corrected chi connectivity index (χ1v) is 8.81. The quantitative estimate of drug-likeness (QED) is 0.818. The number of rotatable bonds is 5. The number of hydrogen-bond donors (Lipinski definition) is 1. The molecule has 0 aliphatic carbocycles. The third kappa shape index (κ3) is 3.28. The maximum atomic E-state index is 5.49. The topological polar surface area (TPSA) is 49.0 Å². The number of nitrogens with one attached hydrogen (secondary N) is 1. The van der Waals surface area contributed by atoms with E-state index in [9.17, 15) is 0 Å². The fourth-order valence-electron chi connectivity index (χ4n) is 3.25. The van der Waals surface area contributed by atoms with Crippen molar-refractivity contribution in [3.8, 4) is 23.0 Å². The Morgan fingerprint density at radius 3 is 1.92 bits per heavy atom. The van der Waals surface area contributed by atoms with Crippen molar-refractivity contribution >= 4 is 15.9 Å². The number of methoxy groups -OCH3 is 4. The minimum atomic E-state index is 0.0257. The minimum absolute atomic E-state index is 0.0257. The Morgan fingerprint density at radius 2 is 1.32 bits per heavy atom. The average molecular weight is 408 g/mol. The maximum absolute atomic E-state index is 5.49. The Labute approximate surface area is 156 Å². The molecule has 134 valence electrons. The van der Waals surface area contributed by atoms with Gasteiger partial charge < -0.3 is 24.3 Å². The first-order valence-electron chi connectivity index (χ1n) is 8.02. The average Bonchev–Trinajstić information content (AvgIpc) is 2.66. The summed E-state index contributed by atoms with van der Waals surface area (Å²) in [5, 5.41) is 3.59. The summed E-state index contributed by atoms with van der Waals surface area (Å²) >= 11 is 3.67. The third-order valence-corrected chi connectivity index (χ3v) is 5.20. The van der Waals surface area contributed by atoms with Crippen LogP contribution in [-0.4, -0.2) is 35.0 Å². The Morgan fingerprint density at radius 1 is 0.800 bits per heavy atom. The standard InChI is InChI=1S/C19H22BrNO4/c1-22-15-7-11-5-6-21-19(12(11)8-16(15)23-2)13-9-17(24-3)18(25-4)10-14(13)20/h7-10,19,21H,5-6H2,1-4H3/t19-/m1/s1. The first kappa shape index (κ1) is 17.9. The van der Waals surface area contributed by atoms with E-state index < -0.39 is 0 Å². The Kier molecular flexibility index (Phi) is 5.39. The van der Waals surface area contributed by atoms with E-state index in [1.807, 2.05) is 18.2 Å². The van der Waals surface area contributed by atoms with E-state index in [2.05, 4.69) is 27.3 Å². The zero-order valence-corrected chi connectivity index (χ0v) is 16.4. The third-order valence-electron chi connectivity index (χ3n) is 4.51. The van der Waals surface area contributed by atoms with E-state index in [0.717, 1.165) is 34.5 Å². The summed E-state index contributed by atoms with van der Waals surface area (Å²) in [4.78, 5) is 0. The van der Waals surface area contributed by atoms with Crippen LogP contribution < -0.4 is 24.3 Å². The lowest BCUT2D eigenvalue weighted by atomic mass is 9.89. The number of hydrogen-bond acceptors (Lipinski definition) is 5. The lowest BCUT2D eigenvalue weighted by Gasteiger charge is -2.29. The normalized spacial score (nSPS) is 16.1. The molecule has 1 N–H and O–H groups in total. The molecule has 0 saturated carbocycles. The van der Waals surface area contributed by atoms with Gasteiger partial charge in [-0.25, -0.2) is 0 Å². The Balaban J connectivity index is 2.12. The molecule has 1 aliphatic heterocycles. The van der Waals surface area contributed by atoms with Crippen LogP contribution in [0.15, 0.2) is 28.7 Å². The highest BCUT2D eigenvalue weighted by Gasteiger charge is 2.26. The zero-order chi connectivity index (χ0) is 18.0. The van der Waals surface area contributed by atoms with E-state index in [0.29, 0.717) is 11.5 Å². The van der Waals surface area contributed by atoms with Gasteiger partial charge in [-0.3, -0.25) is 0 Å². The van der Waals surface area contributed by atoms with E-state index in [1.165, 1.54) is 11.1 Å². The van der Waals surface area contributed by atoms with Crippen LogP contribution in [0.1, 0.15) is 22.7 Å². The maximum Gasteiger partial charge on any atom is 0.161 e. The van der Waals surface area contributed by atoms with E-state index in [1.54, 1.807) is 28.4 Å². The molecule has 0 amide bonds. The van der Waals surface area contributed by atoms with Gasteiger partial charge in [0.05, 0.1) is 34.5 Å². The lowest BCUT2D eigenvalue weighted by molar-refractivity contribution is 0.351. The second-order valence-corrected chi connectivity index (χ2v) is 6.63. The molecule has 1 atom stereocenters. The Hall–Kier alpha value is -1.92. The second kappa shape index (κ2) is 7.54. The lowest BCUT2D eigenvalue weighted by Crippen LogP contribution is -2.31. The molecular formula is C19H22BrNO4. The smallest absolute Gasteiger partial charge is 0.161 e. The van der Waals surface area contributed by atoms with Crippen molar-refractivity contribution < 1.29 is 18.9 Å². The fraction of sp³-hybridized carbons (Fsp3) is 0.368. The van der Waals surface area contributed by atoms with Crippen LogP contribution in [0, 0.1) is 0 Å². The van der Waals surface area contributed by atoms with Crippen molar-refractivity contribution in [2.24, 2.45) is 0 Å². The van der Waals surface area contributed by atoms with Crippen LogP contribution in [-0.2, 0) is 6.42 Å². The van der Waals surface area contributed by atoms with Crippen LogP contribution >= 0.6 is 15.9 Å². The molecule has 0 unspecified atom stereocenters. The molecule has 1 aliphatic rings. The molecule has 0 aromatic heterocycles. The molecule has 2 aromatic rings. The van der Waals surface area contributed by atoms with E-state index in [-0.39, 0.29) is 6.04 Å². The van der Waals surface area contributed by atoms with E-state index in [4.69, 9.17) is 18.9 Å². The zero-order valence-electron chi connectivity index (χ0n) is 14.8. The van der Waals surface area contributed by atoms with Gasteiger partial charge in [-0.1, -0.05) is 15.9 Å². The molecule has 6 heteroatoms. The monoisotopic (exact) mass is 407 g/mol. The van der Waals surface area contributed by atoms with Gasteiger partial charge in [0, 0.05) is 11.0 Å². The summed E-state index contributed by atoms with van der Waals surface area (Å²) in [6.07, 6.45) is 0.942. The van der Waals surface area contributed by atoms with Crippen LogP contribution in [0.25, 0.3) is 0 Å². The van der Waals surface area contributed by atoms with Gasteiger partial charge in [0.2, 0.25) is 0 Å². The predicted octanol–water partition coefficient (Wildman–Crippen LogP) is 3.72. The number of fused-ring (bicyclic) bond motifs is 1. The molecule has 2 aromatic carbocycles. The van der Waals surface area contributed by atoms with Gasteiger partial charge in [0.15, 0.2) is 23.0 Å². The molecule has 0 radical (unpaired) electrons. The number of halogens is 1. The van der Waals surface area contributed by atoms with Crippen LogP contribution in [0.5, 0.6) is 23.0 Å². The van der Waals surface area contributed by atoms with Crippen molar-refractivity contribution in [1.29, 1.82) is 0 Å². The first-order chi connectivity index (χ1) is 12.1. The predicted molar refractivity (Wildman–Crippen MR) is 100 cm³/mol. The highest BCUT2D eigenvalue weighted by Crippen LogP contribution is 2.42. The molecule has 3 rings (SSSR count). The number of ether oxygens (including phenoxy) is 4. The van der Waals surface area contributed by atoms with Crippen molar-refractivity contribution in [2.75, 3.05) is 35.0 Å². The van der Waals surface area contributed by atoms with Crippen molar-refractivity contribution in [3.05, 3.63) is 45.4 Å². The minimum Gasteiger partial charge on any atom is -0.493 e. The van der Waals surface area contributed by atoms with Gasteiger partial charge >= 0.3 is 0 Å². The van der Waals surface area contributed by atoms with E-state index >= 15 is 0 Å². The van der Waals surface area contributed by atoms with Gasteiger partial charge in [0.25, 0.3) is 0 Å². The van der Waals surface area contributed by atoms with Crippen LogP contribution in [0.3, 0.4) is 0 Å². The highest BCUT2D eigenvalue weighted by molar-refractivity contribution is 9.10. The largest absolute Gasteiger partial charge is 0.493 e. The summed E-state index contributed by atoms with van der Waals surface area (Å²) in [6.45, 7) is 0.883. The van der Waals surface area contributed by atoms with Crippen molar-refractivity contribution in [3.63, 3.8) is 0 Å². The Bertz CT molecular complexity index is 779. The molecule has 0 spiro atoms. The van der Waals surface area contributed by atoms with Crippen LogP contribution in [0.2, 0.25) is 0 Å². The molecule has 5 nitrogen and oxygen atoms in total. The van der Waals surface area contributed by atoms with Gasteiger partial charge in [-0.05, 0) is 47.4 Å². The highest BCUT2D eigenvalue weighted by atomic mass is 79.9. The molecular weight excluding hydrogens is 386 g/mol. The summed E-state index contributed by atoms with van der Waals surface area (Å²) in [6, 6.07) is 8.08. The summed E-state index contributed by atoms with van der Waals surface area (Å²) in [7, 11) is 6.59. The van der Waals surface area contributed by atoms with Gasteiger partial charge in [-0.15, -0.1) is 0 Å². The molecule has 0 saturated heterocycles. The molecule has 25 heavy (non-hydrogen) atoms. The van der Waals surface area contributed by atoms with Gasteiger partial charge in [-0.2, -0.15) is 0 Å². The fourth-order valence-corrected chi connectivity index (χ4v) is 3.80.